The fourth-order valence-corrected chi connectivity index (χ4v) is 2.65. The smallest absolute Gasteiger partial charge is 0.190 e. The van der Waals surface area contributed by atoms with Crippen molar-refractivity contribution in [2.75, 3.05) is 5.75 Å². The van der Waals surface area contributed by atoms with E-state index < -0.39 is 21.4 Å². The van der Waals surface area contributed by atoms with Gasteiger partial charge >= 0.3 is 0 Å². The number of aryl methyl sites for hydroxylation is 1. The molecule has 0 aliphatic carbocycles. The molecule has 0 amide bonds. The van der Waals surface area contributed by atoms with Crippen LogP contribution in [-0.4, -0.2) is 20.0 Å². The van der Waals surface area contributed by atoms with Crippen LogP contribution in [0.15, 0.2) is 40.4 Å². The third-order valence-corrected chi connectivity index (χ3v) is 4.12. The van der Waals surface area contributed by atoms with Gasteiger partial charge in [0.25, 0.3) is 0 Å². The Hall–Kier alpha value is -2.13. The molecule has 1 rings (SSSR count). The topological polar surface area (TPSA) is 101 Å². The van der Waals surface area contributed by atoms with E-state index in [1.165, 1.54) is 19.1 Å². The molecule has 0 atom stereocenters. The quantitative estimate of drug-likeness (QED) is 0.656. The minimum atomic E-state index is -3.76. The van der Waals surface area contributed by atoms with Crippen molar-refractivity contribution >= 4 is 15.6 Å². The van der Waals surface area contributed by atoms with E-state index in [0.717, 1.165) is 5.56 Å². The van der Waals surface area contributed by atoms with Gasteiger partial charge in [-0.15, -0.1) is 0 Å². The van der Waals surface area contributed by atoms with Gasteiger partial charge in [-0.3, -0.25) is 4.79 Å². The van der Waals surface area contributed by atoms with E-state index in [4.69, 9.17) is 11.0 Å². The molecule has 2 N–H and O–H groups in total. The fraction of sp³-hybridized carbons (Fsp3) is 0.231. The second kappa shape index (κ2) is 5.67. The highest BCUT2D eigenvalue weighted by Crippen LogP contribution is 2.14. The van der Waals surface area contributed by atoms with Crippen molar-refractivity contribution in [1.29, 1.82) is 5.26 Å². The molecule has 1 aromatic carbocycles. The molecule has 1 aromatic rings. The Morgan fingerprint density at radius 1 is 1.32 bits per heavy atom. The summed E-state index contributed by atoms with van der Waals surface area (Å²) in [5, 5.41) is 8.77. The van der Waals surface area contributed by atoms with Crippen LogP contribution in [0, 0.1) is 18.3 Å². The SMILES string of the molecule is C/C(N)=C(\C#N)C(=O)CS(=O)(=O)c1ccc(C)cc1. The van der Waals surface area contributed by atoms with E-state index in [-0.39, 0.29) is 16.2 Å². The van der Waals surface area contributed by atoms with Crippen molar-refractivity contribution in [1.82, 2.24) is 0 Å². The van der Waals surface area contributed by atoms with Crippen molar-refractivity contribution in [3.63, 3.8) is 0 Å². The van der Waals surface area contributed by atoms with E-state index in [9.17, 15) is 13.2 Å². The van der Waals surface area contributed by atoms with Crippen molar-refractivity contribution < 1.29 is 13.2 Å². The number of benzene rings is 1. The zero-order valence-electron chi connectivity index (χ0n) is 10.7. The molecule has 19 heavy (non-hydrogen) atoms. The summed E-state index contributed by atoms with van der Waals surface area (Å²) in [5.74, 6) is -1.55. The predicted molar refractivity (Wildman–Crippen MR) is 70.7 cm³/mol. The number of rotatable bonds is 4. The maximum Gasteiger partial charge on any atom is 0.190 e. The summed E-state index contributed by atoms with van der Waals surface area (Å²) in [6, 6.07) is 7.78. The highest BCUT2D eigenvalue weighted by molar-refractivity contribution is 7.92. The number of nitrogens with zero attached hydrogens (tertiary/aromatic N) is 1. The van der Waals surface area contributed by atoms with Crippen LogP contribution >= 0.6 is 0 Å². The molecule has 0 fully saturated rings. The summed E-state index contributed by atoms with van der Waals surface area (Å²) >= 11 is 0. The van der Waals surface area contributed by atoms with Gasteiger partial charge in [0.2, 0.25) is 0 Å². The van der Waals surface area contributed by atoms with E-state index in [0.29, 0.717) is 0 Å². The van der Waals surface area contributed by atoms with E-state index >= 15 is 0 Å². The Labute approximate surface area is 112 Å². The minimum absolute atomic E-state index is 0.0200. The second-order valence-corrected chi connectivity index (χ2v) is 6.15. The highest BCUT2D eigenvalue weighted by atomic mass is 32.2. The first kappa shape index (κ1) is 14.9. The number of nitriles is 1. The lowest BCUT2D eigenvalue weighted by Gasteiger charge is -2.04. The molecule has 0 spiro atoms. The van der Waals surface area contributed by atoms with Crippen LogP contribution in [-0.2, 0) is 14.6 Å². The van der Waals surface area contributed by atoms with Gasteiger partial charge in [-0.25, -0.2) is 8.42 Å². The first-order chi connectivity index (χ1) is 8.77. The number of carbonyl (C=O) groups is 1. The number of hydrogen-bond acceptors (Lipinski definition) is 5. The second-order valence-electron chi connectivity index (χ2n) is 4.17. The summed E-state index contributed by atoms with van der Waals surface area (Å²) in [5.41, 5.74) is 5.99. The Balaban J connectivity index is 3.06. The molecule has 0 heterocycles. The number of hydrogen-bond donors (Lipinski definition) is 1. The van der Waals surface area contributed by atoms with Gasteiger partial charge in [-0.1, -0.05) is 17.7 Å². The zero-order valence-corrected chi connectivity index (χ0v) is 11.5. The van der Waals surface area contributed by atoms with Crippen LogP contribution in [0.2, 0.25) is 0 Å². The number of sulfone groups is 1. The largest absolute Gasteiger partial charge is 0.401 e. The van der Waals surface area contributed by atoms with Crippen LogP contribution in [0.5, 0.6) is 0 Å². The highest BCUT2D eigenvalue weighted by Gasteiger charge is 2.22. The maximum absolute atomic E-state index is 12.0. The molecule has 100 valence electrons. The van der Waals surface area contributed by atoms with Gasteiger partial charge in [0.1, 0.15) is 17.4 Å². The molecule has 0 bridgehead atoms. The number of allylic oxidation sites excluding steroid dienone is 2. The molecule has 5 nitrogen and oxygen atoms in total. The predicted octanol–water partition coefficient (Wildman–Crippen LogP) is 1.09. The van der Waals surface area contributed by atoms with Crippen LogP contribution in [0.3, 0.4) is 0 Å². The van der Waals surface area contributed by atoms with Crippen molar-refractivity contribution in [3.05, 3.63) is 41.1 Å². The molecular weight excluding hydrogens is 264 g/mol. The number of nitrogens with two attached hydrogens (primary N) is 1. The molecule has 0 aromatic heterocycles. The third kappa shape index (κ3) is 3.66. The number of ketones is 1. The molecule has 0 saturated carbocycles. The number of Topliss-reactive ketones (excluding diaryl/α,β-unsaturated/α-hetero) is 1. The lowest BCUT2D eigenvalue weighted by molar-refractivity contribution is -0.113. The summed E-state index contributed by atoms with van der Waals surface area (Å²) < 4.78 is 24.0. The molecule has 0 aliphatic rings. The summed E-state index contributed by atoms with van der Waals surface area (Å²) in [6.07, 6.45) is 0. The standard InChI is InChI=1S/C13H14N2O3S/c1-9-3-5-11(6-4-9)19(17,18)8-13(16)12(7-14)10(2)15/h3-6H,8,15H2,1-2H3/b12-10-. The van der Waals surface area contributed by atoms with Gasteiger partial charge in [0, 0.05) is 5.70 Å². The van der Waals surface area contributed by atoms with Gasteiger partial charge in [-0.2, -0.15) is 5.26 Å². The van der Waals surface area contributed by atoms with E-state index in [2.05, 4.69) is 0 Å². The lowest BCUT2D eigenvalue weighted by atomic mass is 10.2. The van der Waals surface area contributed by atoms with Crippen LogP contribution in [0.25, 0.3) is 0 Å². The fourth-order valence-electron chi connectivity index (χ4n) is 1.44. The third-order valence-electron chi connectivity index (χ3n) is 2.49. The first-order valence-electron chi connectivity index (χ1n) is 5.47. The summed E-state index contributed by atoms with van der Waals surface area (Å²) in [4.78, 5) is 11.8. The lowest BCUT2D eigenvalue weighted by Crippen LogP contribution is -2.19. The van der Waals surface area contributed by atoms with E-state index in [1.807, 2.05) is 6.92 Å². The van der Waals surface area contributed by atoms with Crippen molar-refractivity contribution in [3.8, 4) is 6.07 Å². The molecule has 0 unspecified atom stereocenters. The van der Waals surface area contributed by atoms with Crippen molar-refractivity contribution in [2.45, 2.75) is 18.7 Å². The minimum Gasteiger partial charge on any atom is -0.401 e. The van der Waals surface area contributed by atoms with Crippen LogP contribution in [0.1, 0.15) is 12.5 Å². The molecule has 0 saturated heterocycles. The van der Waals surface area contributed by atoms with Crippen LogP contribution < -0.4 is 5.73 Å². The average molecular weight is 278 g/mol. The van der Waals surface area contributed by atoms with Gasteiger partial charge in [0.05, 0.1) is 4.90 Å². The number of carbonyl (C=O) groups excluding carboxylic acids is 1. The molecule has 0 aliphatic heterocycles. The van der Waals surface area contributed by atoms with Gasteiger partial charge in [0.15, 0.2) is 15.6 Å². The normalized spacial score (nSPS) is 12.5. The monoisotopic (exact) mass is 278 g/mol. The molecule has 0 radical (unpaired) electrons. The van der Waals surface area contributed by atoms with Gasteiger partial charge in [-0.05, 0) is 26.0 Å². The Bertz CT molecular complexity index is 661. The van der Waals surface area contributed by atoms with E-state index in [1.54, 1.807) is 18.2 Å². The van der Waals surface area contributed by atoms with Crippen molar-refractivity contribution in [2.24, 2.45) is 5.73 Å². The molecular formula is C13H14N2O3S. The Morgan fingerprint density at radius 3 is 2.26 bits per heavy atom. The summed E-state index contributed by atoms with van der Waals surface area (Å²) in [6.45, 7) is 3.21. The maximum atomic E-state index is 12.0. The summed E-state index contributed by atoms with van der Waals surface area (Å²) in [7, 11) is -3.76. The molecule has 6 heteroatoms. The zero-order chi connectivity index (χ0) is 14.6. The Morgan fingerprint density at radius 2 is 1.84 bits per heavy atom. The Kier molecular flexibility index (Phi) is 4.46. The first-order valence-corrected chi connectivity index (χ1v) is 7.12. The van der Waals surface area contributed by atoms with Gasteiger partial charge < -0.3 is 5.73 Å². The van der Waals surface area contributed by atoms with Crippen LogP contribution in [0.4, 0.5) is 0 Å². The average Bonchev–Trinajstić information content (AvgIpc) is 2.29.